The van der Waals surface area contributed by atoms with E-state index in [1.807, 2.05) is 30.1 Å². The second-order valence-corrected chi connectivity index (χ2v) is 6.99. The van der Waals surface area contributed by atoms with Gasteiger partial charge in [0.25, 0.3) is 5.91 Å². The van der Waals surface area contributed by atoms with Crippen LogP contribution in [0.5, 0.6) is 5.75 Å². The van der Waals surface area contributed by atoms with Crippen molar-refractivity contribution in [2.24, 2.45) is 7.05 Å². The van der Waals surface area contributed by atoms with Gasteiger partial charge in [0.1, 0.15) is 11.4 Å². The normalized spacial score (nSPS) is 15.0. The summed E-state index contributed by atoms with van der Waals surface area (Å²) in [6.07, 6.45) is 1.79. The average Bonchev–Trinajstić information content (AvgIpc) is 3.26. The zero-order valence-electron chi connectivity index (χ0n) is 14.2. The van der Waals surface area contributed by atoms with Crippen LogP contribution in [0.1, 0.15) is 10.5 Å². The van der Waals surface area contributed by atoms with E-state index in [0.717, 1.165) is 34.2 Å². The van der Waals surface area contributed by atoms with Gasteiger partial charge in [0, 0.05) is 39.4 Å². The van der Waals surface area contributed by atoms with E-state index in [0.29, 0.717) is 18.8 Å². The Balaban J connectivity index is 1.45. The van der Waals surface area contributed by atoms with Crippen LogP contribution >= 0.6 is 11.3 Å². The predicted molar refractivity (Wildman–Crippen MR) is 97.5 cm³/mol. The molecule has 0 radical (unpaired) electrons. The Bertz CT molecular complexity index is 911. The Morgan fingerprint density at radius 2 is 2.00 bits per heavy atom. The highest BCUT2D eigenvalue weighted by molar-refractivity contribution is 7.22. The van der Waals surface area contributed by atoms with Gasteiger partial charge in [-0.05, 0) is 24.3 Å². The number of methoxy groups -OCH3 is 1. The van der Waals surface area contributed by atoms with Gasteiger partial charge in [-0.2, -0.15) is 5.10 Å². The zero-order chi connectivity index (χ0) is 17.4. The summed E-state index contributed by atoms with van der Waals surface area (Å²) >= 11 is 1.66. The number of nitrogens with zero attached hydrogens (tertiary/aromatic N) is 5. The molecule has 7 nitrogen and oxygen atoms in total. The molecule has 130 valence electrons. The maximum absolute atomic E-state index is 12.5. The van der Waals surface area contributed by atoms with E-state index in [4.69, 9.17) is 9.72 Å². The fourth-order valence-electron chi connectivity index (χ4n) is 2.95. The first-order valence-electron chi connectivity index (χ1n) is 8.12. The second kappa shape index (κ2) is 6.36. The van der Waals surface area contributed by atoms with Crippen molar-refractivity contribution in [1.29, 1.82) is 0 Å². The number of aromatic nitrogens is 3. The van der Waals surface area contributed by atoms with Gasteiger partial charge in [0.2, 0.25) is 0 Å². The molecule has 8 heteroatoms. The molecule has 25 heavy (non-hydrogen) atoms. The minimum Gasteiger partial charge on any atom is -0.497 e. The van der Waals surface area contributed by atoms with E-state index in [-0.39, 0.29) is 5.91 Å². The fraction of sp³-hybridized carbons (Fsp3) is 0.353. The van der Waals surface area contributed by atoms with Crippen molar-refractivity contribution in [3.63, 3.8) is 0 Å². The van der Waals surface area contributed by atoms with Crippen molar-refractivity contribution >= 4 is 32.6 Å². The third-order valence-corrected chi connectivity index (χ3v) is 5.43. The number of carbonyl (C=O) groups is 1. The molecule has 1 aliphatic rings. The molecular formula is C17H19N5O2S. The van der Waals surface area contributed by atoms with Crippen LogP contribution in [0.25, 0.3) is 10.2 Å². The minimum absolute atomic E-state index is 0.00529. The zero-order valence-corrected chi connectivity index (χ0v) is 15.0. The minimum atomic E-state index is -0.00529. The van der Waals surface area contributed by atoms with Crippen LogP contribution in [-0.2, 0) is 7.05 Å². The maximum atomic E-state index is 12.5. The van der Waals surface area contributed by atoms with Gasteiger partial charge in [-0.1, -0.05) is 11.3 Å². The predicted octanol–water partition coefficient (Wildman–Crippen LogP) is 2.00. The van der Waals surface area contributed by atoms with E-state index in [9.17, 15) is 4.79 Å². The van der Waals surface area contributed by atoms with Crippen LogP contribution in [-0.4, -0.2) is 58.9 Å². The van der Waals surface area contributed by atoms with Gasteiger partial charge in [0.05, 0.1) is 17.3 Å². The molecule has 0 N–H and O–H groups in total. The topological polar surface area (TPSA) is 63.5 Å². The largest absolute Gasteiger partial charge is 0.497 e. The molecule has 3 heterocycles. The fourth-order valence-corrected chi connectivity index (χ4v) is 3.99. The summed E-state index contributed by atoms with van der Waals surface area (Å²) in [7, 11) is 3.48. The van der Waals surface area contributed by atoms with Crippen LogP contribution in [0.4, 0.5) is 5.13 Å². The van der Waals surface area contributed by atoms with E-state index < -0.39 is 0 Å². The van der Waals surface area contributed by atoms with Gasteiger partial charge >= 0.3 is 0 Å². The Kier molecular flexibility index (Phi) is 4.04. The van der Waals surface area contributed by atoms with Crippen molar-refractivity contribution in [3.8, 4) is 5.75 Å². The lowest BCUT2D eigenvalue weighted by molar-refractivity contribution is 0.0740. The summed E-state index contributed by atoms with van der Waals surface area (Å²) in [5.74, 6) is 0.836. The number of rotatable bonds is 3. The number of thiazole rings is 1. The first kappa shape index (κ1) is 15.9. The Hall–Kier alpha value is -2.61. The molecule has 1 saturated heterocycles. The molecule has 0 bridgehead atoms. The summed E-state index contributed by atoms with van der Waals surface area (Å²) in [6, 6.07) is 7.68. The Morgan fingerprint density at radius 3 is 2.68 bits per heavy atom. The molecule has 3 aromatic rings. The van der Waals surface area contributed by atoms with Gasteiger partial charge in [0.15, 0.2) is 5.13 Å². The van der Waals surface area contributed by atoms with Gasteiger partial charge in [-0.3, -0.25) is 9.48 Å². The third kappa shape index (κ3) is 3.05. The Labute approximate surface area is 149 Å². The lowest BCUT2D eigenvalue weighted by Crippen LogP contribution is -2.48. The number of aryl methyl sites for hydroxylation is 1. The SMILES string of the molecule is COc1ccc2nc(N3CCN(C(=O)c4ccn(C)n4)CC3)sc2c1. The molecule has 1 aliphatic heterocycles. The number of fused-ring (bicyclic) bond motifs is 1. The van der Waals surface area contributed by atoms with Crippen LogP contribution in [0.15, 0.2) is 30.5 Å². The van der Waals surface area contributed by atoms with Crippen molar-refractivity contribution < 1.29 is 9.53 Å². The molecule has 0 aliphatic carbocycles. The highest BCUT2D eigenvalue weighted by Gasteiger charge is 2.25. The quantitative estimate of drug-likeness (QED) is 0.717. The first-order chi connectivity index (χ1) is 12.1. The molecule has 1 aromatic carbocycles. The van der Waals surface area contributed by atoms with Gasteiger partial charge < -0.3 is 14.5 Å². The van der Waals surface area contributed by atoms with E-state index in [1.165, 1.54) is 0 Å². The monoisotopic (exact) mass is 357 g/mol. The Morgan fingerprint density at radius 1 is 1.20 bits per heavy atom. The summed E-state index contributed by atoms with van der Waals surface area (Å²) < 4.78 is 8.04. The van der Waals surface area contributed by atoms with Crippen LogP contribution in [0.2, 0.25) is 0 Å². The number of carbonyl (C=O) groups excluding carboxylic acids is 1. The average molecular weight is 357 g/mol. The molecular weight excluding hydrogens is 338 g/mol. The van der Waals surface area contributed by atoms with Crippen LogP contribution < -0.4 is 9.64 Å². The van der Waals surface area contributed by atoms with Crippen LogP contribution in [0.3, 0.4) is 0 Å². The van der Waals surface area contributed by atoms with Gasteiger partial charge in [-0.15, -0.1) is 0 Å². The van der Waals surface area contributed by atoms with Crippen molar-refractivity contribution in [2.75, 3.05) is 38.2 Å². The van der Waals surface area contributed by atoms with E-state index in [1.54, 1.807) is 35.4 Å². The molecule has 2 aromatic heterocycles. The molecule has 4 rings (SSSR count). The van der Waals surface area contributed by atoms with Crippen LogP contribution in [0, 0.1) is 0 Å². The highest BCUT2D eigenvalue weighted by Crippen LogP contribution is 2.31. The molecule has 0 atom stereocenters. The lowest BCUT2D eigenvalue weighted by Gasteiger charge is -2.34. The smallest absolute Gasteiger partial charge is 0.274 e. The number of hydrogen-bond acceptors (Lipinski definition) is 6. The molecule has 1 fully saturated rings. The summed E-state index contributed by atoms with van der Waals surface area (Å²) in [5.41, 5.74) is 1.48. The third-order valence-electron chi connectivity index (χ3n) is 4.35. The molecule has 1 amide bonds. The number of piperazine rings is 1. The van der Waals surface area contributed by atoms with Crippen molar-refractivity contribution in [1.82, 2.24) is 19.7 Å². The molecule has 0 spiro atoms. The summed E-state index contributed by atoms with van der Waals surface area (Å²) in [5, 5.41) is 5.19. The van der Waals surface area contributed by atoms with E-state index >= 15 is 0 Å². The number of hydrogen-bond donors (Lipinski definition) is 0. The molecule has 0 saturated carbocycles. The second-order valence-electron chi connectivity index (χ2n) is 5.98. The first-order valence-corrected chi connectivity index (χ1v) is 8.94. The van der Waals surface area contributed by atoms with E-state index in [2.05, 4.69) is 10.00 Å². The standard InChI is InChI=1S/C17H19N5O2S/c1-20-6-5-14(19-20)16(23)21-7-9-22(10-8-21)17-18-13-4-3-12(24-2)11-15(13)25-17/h3-6,11H,7-10H2,1-2H3. The highest BCUT2D eigenvalue weighted by atomic mass is 32.1. The number of ether oxygens (including phenoxy) is 1. The lowest BCUT2D eigenvalue weighted by atomic mass is 10.3. The summed E-state index contributed by atoms with van der Waals surface area (Å²) in [6.45, 7) is 2.90. The van der Waals surface area contributed by atoms with Gasteiger partial charge in [-0.25, -0.2) is 4.98 Å². The number of amides is 1. The number of anilines is 1. The van der Waals surface area contributed by atoms with Crippen molar-refractivity contribution in [2.45, 2.75) is 0 Å². The molecule has 0 unspecified atom stereocenters. The maximum Gasteiger partial charge on any atom is 0.274 e. The van der Waals surface area contributed by atoms with Crippen molar-refractivity contribution in [3.05, 3.63) is 36.2 Å². The summed E-state index contributed by atoms with van der Waals surface area (Å²) in [4.78, 5) is 21.3. The number of benzene rings is 1.